The molecular formula is C50H39N5. The number of aromatic nitrogens is 5. The highest BCUT2D eigenvalue weighted by atomic mass is 15.2. The summed E-state index contributed by atoms with van der Waals surface area (Å²) in [5.74, 6) is 1.84. The topological polar surface area (TPSA) is 48.5 Å². The Kier molecular flexibility index (Phi) is 7.36. The predicted octanol–water partition coefficient (Wildman–Crippen LogP) is 12.6. The zero-order valence-electron chi connectivity index (χ0n) is 31.4. The minimum Gasteiger partial charge on any atom is -0.309 e. The molecule has 0 amide bonds. The Morgan fingerprint density at radius 2 is 1.20 bits per heavy atom. The van der Waals surface area contributed by atoms with E-state index in [9.17, 15) is 0 Å². The Balaban J connectivity index is 1.32. The average Bonchev–Trinajstić information content (AvgIpc) is 3.80. The number of benzene rings is 6. The van der Waals surface area contributed by atoms with Crippen molar-refractivity contribution < 1.29 is 0 Å². The number of para-hydroxylation sites is 1. The van der Waals surface area contributed by atoms with Crippen molar-refractivity contribution in [1.82, 2.24) is 24.1 Å². The van der Waals surface area contributed by atoms with Crippen molar-refractivity contribution in [3.8, 4) is 45.5 Å². The fourth-order valence-electron chi connectivity index (χ4n) is 8.74. The van der Waals surface area contributed by atoms with E-state index in [2.05, 4.69) is 159 Å². The van der Waals surface area contributed by atoms with Crippen molar-refractivity contribution in [1.29, 1.82) is 0 Å². The van der Waals surface area contributed by atoms with Crippen LogP contribution in [0.3, 0.4) is 0 Å². The molecule has 0 radical (unpaired) electrons. The number of allylic oxidation sites excluding steroid dienone is 2. The second-order valence-electron chi connectivity index (χ2n) is 15.0. The number of fused-ring (bicyclic) bond motifs is 7. The van der Waals surface area contributed by atoms with Gasteiger partial charge in [0.1, 0.15) is 0 Å². The van der Waals surface area contributed by atoms with Gasteiger partial charge in [-0.2, -0.15) is 9.97 Å². The van der Waals surface area contributed by atoms with Gasteiger partial charge < -0.3 is 4.57 Å². The van der Waals surface area contributed by atoms with E-state index in [0.29, 0.717) is 17.6 Å². The highest BCUT2D eigenvalue weighted by Crippen LogP contribution is 2.51. The Morgan fingerprint density at radius 3 is 1.89 bits per heavy atom. The Morgan fingerprint density at radius 1 is 0.582 bits per heavy atom. The fourth-order valence-corrected chi connectivity index (χ4v) is 8.74. The molecule has 0 aliphatic heterocycles. The minimum atomic E-state index is -0.161. The summed E-state index contributed by atoms with van der Waals surface area (Å²) < 4.78 is 4.61. The predicted molar refractivity (Wildman–Crippen MR) is 229 cm³/mol. The monoisotopic (exact) mass is 709 g/mol. The van der Waals surface area contributed by atoms with E-state index in [1.807, 2.05) is 36.4 Å². The van der Waals surface area contributed by atoms with Gasteiger partial charge in [-0.25, -0.2) is 4.98 Å². The lowest BCUT2D eigenvalue weighted by atomic mass is 9.82. The molecule has 9 aromatic rings. The average molecular weight is 710 g/mol. The lowest BCUT2D eigenvalue weighted by molar-refractivity contribution is 0.661. The summed E-state index contributed by atoms with van der Waals surface area (Å²) in [6.45, 7) is 13.3. The second-order valence-corrected chi connectivity index (χ2v) is 15.0. The first-order valence-electron chi connectivity index (χ1n) is 18.9. The van der Waals surface area contributed by atoms with Gasteiger partial charge in [-0.1, -0.05) is 136 Å². The van der Waals surface area contributed by atoms with Crippen molar-refractivity contribution in [2.24, 2.45) is 0 Å². The number of hydrogen-bond donors (Lipinski definition) is 0. The van der Waals surface area contributed by atoms with E-state index < -0.39 is 0 Å². The molecule has 1 aliphatic carbocycles. The maximum Gasteiger partial charge on any atom is 0.238 e. The molecule has 0 bridgehead atoms. The van der Waals surface area contributed by atoms with E-state index in [4.69, 9.17) is 15.0 Å². The smallest absolute Gasteiger partial charge is 0.238 e. The van der Waals surface area contributed by atoms with E-state index >= 15 is 0 Å². The third-order valence-corrected chi connectivity index (χ3v) is 11.2. The molecule has 5 heteroatoms. The zero-order valence-corrected chi connectivity index (χ0v) is 31.4. The van der Waals surface area contributed by atoms with E-state index in [-0.39, 0.29) is 5.41 Å². The van der Waals surface area contributed by atoms with Crippen LogP contribution in [0.25, 0.3) is 89.9 Å². The van der Waals surface area contributed by atoms with E-state index in [0.717, 1.165) is 55.4 Å². The molecule has 0 N–H and O–H groups in total. The first-order valence-corrected chi connectivity index (χ1v) is 18.9. The third kappa shape index (κ3) is 4.96. The third-order valence-electron chi connectivity index (χ3n) is 11.2. The summed E-state index contributed by atoms with van der Waals surface area (Å²) in [7, 11) is 0. The van der Waals surface area contributed by atoms with Crippen molar-refractivity contribution in [3.63, 3.8) is 0 Å². The van der Waals surface area contributed by atoms with Crippen molar-refractivity contribution in [3.05, 3.63) is 175 Å². The normalized spacial score (nSPS) is 13.2. The van der Waals surface area contributed by atoms with Gasteiger partial charge >= 0.3 is 0 Å². The molecule has 55 heavy (non-hydrogen) atoms. The summed E-state index contributed by atoms with van der Waals surface area (Å²) in [5.41, 5.74) is 14.5. The van der Waals surface area contributed by atoms with Gasteiger partial charge in [0.2, 0.25) is 5.95 Å². The number of hydrogen-bond acceptors (Lipinski definition) is 3. The molecule has 6 aromatic carbocycles. The molecule has 0 fully saturated rings. The van der Waals surface area contributed by atoms with Crippen molar-refractivity contribution in [2.45, 2.75) is 33.1 Å². The van der Waals surface area contributed by atoms with Crippen molar-refractivity contribution >= 4 is 44.4 Å². The van der Waals surface area contributed by atoms with Crippen molar-refractivity contribution in [2.75, 3.05) is 0 Å². The molecule has 264 valence electrons. The quantitative estimate of drug-likeness (QED) is 0.173. The molecule has 0 saturated carbocycles. The Hall–Kier alpha value is -6.85. The van der Waals surface area contributed by atoms with Gasteiger partial charge in [0.05, 0.1) is 22.2 Å². The lowest BCUT2D eigenvalue weighted by Gasteiger charge is -2.21. The second kappa shape index (κ2) is 12.4. The lowest BCUT2D eigenvalue weighted by Crippen LogP contribution is -2.14. The van der Waals surface area contributed by atoms with Gasteiger partial charge in [-0.05, 0) is 78.1 Å². The summed E-state index contributed by atoms with van der Waals surface area (Å²) in [5, 5.41) is 3.48. The van der Waals surface area contributed by atoms with Crippen LogP contribution in [0.15, 0.2) is 152 Å². The standard InChI is InChI=1S/C50H39N5/c1-6-17-37-36-23-14-16-25-43(36)54(46(37)31(2)3)34-26-27-44-39(28-34)40-29-42-38(35-22-13-15-24-41(35)50(42,4)5)30-45(40)55(44)49-52-47(32-18-9-7-10-19-32)51-48(53-49)33-20-11-8-12-21-33/h6-30H,2H2,1,3-5H3. The first kappa shape index (κ1) is 32.8. The molecule has 0 atom stereocenters. The van der Waals surface area contributed by atoms with E-state index in [1.54, 1.807) is 0 Å². The summed E-state index contributed by atoms with van der Waals surface area (Å²) >= 11 is 0. The molecular weight excluding hydrogens is 671 g/mol. The molecule has 0 spiro atoms. The van der Waals surface area contributed by atoms with Crippen LogP contribution in [0.4, 0.5) is 0 Å². The highest BCUT2D eigenvalue weighted by Gasteiger charge is 2.36. The summed E-state index contributed by atoms with van der Waals surface area (Å²) in [6, 6.07) is 49.4. The highest BCUT2D eigenvalue weighted by molar-refractivity contribution is 6.12. The zero-order chi connectivity index (χ0) is 37.4. The maximum atomic E-state index is 5.24. The van der Waals surface area contributed by atoms with Crippen LogP contribution in [-0.2, 0) is 5.41 Å². The number of rotatable bonds is 6. The first-order chi connectivity index (χ1) is 26.8. The van der Waals surface area contributed by atoms with E-state index in [1.165, 1.54) is 33.2 Å². The van der Waals surface area contributed by atoms with Crippen LogP contribution in [0.1, 0.15) is 50.1 Å². The fraction of sp³-hybridized carbons (Fsp3) is 0.100. The van der Waals surface area contributed by atoms with Crippen LogP contribution < -0.4 is 0 Å². The minimum absolute atomic E-state index is 0.161. The molecule has 0 saturated heterocycles. The SMILES string of the molecule is C=C(C)c1c(C=CC)c2ccccc2n1-c1ccc2c(c1)c1cc3c(cc1n2-c1nc(-c2ccccc2)nc(-c2ccccc2)n1)-c1ccccc1C3(C)C. The molecule has 0 unspecified atom stereocenters. The summed E-state index contributed by atoms with van der Waals surface area (Å²) in [6.07, 6.45) is 4.31. The Labute approximate surface area is 320 Å². The number of nitrogens with zero attached hydrogens (tertiary/aromatic N) is 5. The van der Waals surface area contributed by atoms with Gasteiger partial charge in [0.15, 0.2) is 11.6 Å². The van der Waals surface area contributed by atoms with Gasteiger partial charge in [-0.3, -0.25) is 4.57 Å². The molecule has 5 nitrogen and oxygen atoms in total. The Bertz CT molecular complexity index is 2980. The van der Waals surface area contributed by atoms with Gasteiger partial charge in [0.25, 0.3) is 0 Å². The van der Waals surface area contributed by atoms with Crippen LogP contribution in [0.5, 0.6) is 0 Å². The van der Waals surface area contributed by atoms with Gasteiger partial charge in [0, 0.05) is 44.0 Å². The maximum absolute atomic E-state index is 5.24. The molecule has 1 aliphatic rings. The molecule has 3 heterocycles. The van der Waals surface area contributed by atoms with Crippen LogP contribution >= 0.6 is 0 Å². The van der Waals surface area contributed by atoms with Crippen LogP contribution in [0, 0.1) is 0 Å². The molecule has 10 rings (SSSR count). The van der Waals surface area contributed by atoms with Crippen LogP contribution in [0.2, 0.25) is 0 Å². The van der Waals surface area contributed by atoms with Gasteiger partial charge in [-0.15, -0.1) is 0 Å². The largest absolute Gasteiger partial charge is 0.309 e. The summed E-state index contributed by atoms with van der Waals surface area (Å²) in [4.78, 5) is 15.5. The molecule has 3 aromatic heterocycles. The van der Waals surface area contributed by atoms with Crippen LogP contribution in [-0.4, -0.2) is 24.1 Å².